The number of rotatable bonds is 8. The van der Waals surface area contributed by atoms with E-state index in [1.165, 1.54) is 0 Å². The van der Waals surface area contributed by atoms with E-state index in [-0.39, 0.29) is 0 Å². The predicted molar refractivity (Wildman–Crippen MR) is 255 cm³/mol. The third kappa shape index (κ3) is 7.21. The molecule has 11 aromatic rings. The molecule has 0 saturated carbocycles. The van der Waals surface area contributed by atoms with Gasteiger partial charge in [0.15, 0.2) is 34.9 Å². The largest absolute Gasteiger partial charge is 0.308 e. The minimum absolute atomic E-state index is 0.421. The molecule has 9 nitrogen and oxygen atoms in total. The normalized spacial score (nSPS) is 11.0. The van der Waals surface area contributed by atoms with Crippen molar-refractivity contribution in [3.8, 4) is 97.3 Å². The molecule has 0 bridgehead atoms. The maximum Gasteiger partial charge on any atom is 0.166 e. The van der Waals surface area contributed by atoms with Crippen molar-refractivity contribution in [1.82, 2.24) is 34.5 Å². The third-order valence-corrected chi connectivity index (χ3v) is 11.3. The lowest BCUT2D eigenvalue weighted by Gasteiger charge is -2.19. The molecule has 0 aliphatic rings. The Morgan fingerprint density at radius 1 is 0.308 bits per heavy atom. The van der Waals surface area contributed by atoms with Crippen LogP contribution < -0.4 is 0 Å². The van der Waals surface area contributed by atoms with Gasteiger partial charge in [-0.25, -0.2) is 29.9 Å². The Labute approximate surface area is 374 Å². The molecule has 0 saturated heterocycles. The Balaban J connectivity index is 1.24. The first-order chi connectivity index (χ1) is 32.1. The van der Waals surface area contributed by atoms with Crippen molar-refractivity contribution in [3.05, 3.63) is 211 Å². The van der Waals surface area contributed by atoms with Crippen molar-refractivity contribution in [1.29, 1.82) is 10.5 Å². The maximum absolute atomic E-state index is 9.85. The summed E-state index contributed by atoms with van der Waals surface area (Å²) in [5, 5.41) is 21.7. The first-order valence-electron chi connectivity index (χ1n) is 21.0. The van der Waals surface area contributed by atoms with Crippen LogP contribution in [0.3, 0.4) is 0 Å². The van der Waals surface area contributed by atoms with E-state index in [0.29, 0.717) is 46.1 Å². The molecule has 0 radical (unpaired) electrons. The molecule has 3 aromatic heterocycles. The zero-order chi connectivity index (χ0) is 43.7. The van der Waals surface area contributed by atoms with Crippen molar-refractivity contribution in [3.63, 3.8) is 0 Å². The lowest BCUT2D eigenvalue weighted by atomic mass is 9.99. The molecule has 0 fully saturated rings. The highest BCUT2D eigenvalue weighted by Gasteiger charge is 2.25. The van der Waals surface area contributed by atoms with Gasteiger partial charge in [0.25, 0.3) is 0 Å². The molecular weight excluding hydrogens is 799 g/mol. The number of nitriles is 2. The van der Waals surface area contributed by atoms with E-state index < -0.39 is 0 Å². The van der Waals surface area contributed by atoms with Crippen molar-refractivity contribution in [2.24, 2.45) is 0 Å². The van der Waals surface area contributed by atoms with Crippen LogP contribution in [-0.2, 0) is 0 Å². The number of nitrogens with zero attached hydrogens (tertiary/aromatic N) is 9. The smallest absolute Gasteiger partial charge is 0.166 e. The van der Waals surface area contributed by atoms with Crippen LogP contribution in [0.4, 0.5) is 0 Å². The topological polar surface area (TPSA) is 130 Å². The molecule has 0 amide bonds. The molecule has 3 heterocycles. The van der Waals surface area contributed by atoms with Crippen LogP contribution in [0.1, 0.15) is 11.1 Å². The summed E-state index contributed by atoms with van der Waals surface area (Å²) in [6, 6.07) is 70.0. The fraction of sp³-hybridized carbons (Fsp3) is 0. The van der Waals surface area contributed by atoms with Crippen molar-refractivity contribution >= 4 is 21.8 Å². The zero-order valence-corrected chi connectivity index (χ0v) is 34.6. The quantitative estimate of drug-likeness (QED) is 0.148. The minimum Gasteiger partial charge on any atom is -0.308 e. The predicted octanol–water partition coefficient (Wildman–Crippen LogP) is 12.6. The van der Waals surface area contributed by atoms with Gasteiger partial charge in [-0.2, -0.15) is 10.5 Å². The van der Waals surface area contributed by atoms with Gasteiger partial charge in [-0.15, -0.1) is 0 Å². The van der Waals surface area contributed by atoms with Gasteiger partial charge in [0.1, 0.15) is 0 Å². The van der Waals surface area contributed by atoms with Crippen LogP contribution in [0.25, 0.3) is 107 Å². The van der Waals surface area contributed by atoms with Crippen molar-refractivity contribution in [2.75, 3.05) is 0 Å². The van der Waals surface area contributed by atoms with E-state index in [1.54, 1.807) is 6.07 Å². The van der Waals surface area contributed by atoms with E-state index in [2.05, 4.69) is 41.0 Å². The number of benzene rings is 8. The average Bonchev–Trinajstić information content (AvgIpc) is 3.72. The molecule has 302 valence electrons. The summed E-state index contributed by atoms with van der Waals surface area (Å²) in [6.45, 7) is 0. The second-order valence-electron chi connectivity index (χ2n) is 15.4. The van der Waals surface area contributed by atoms with Crippen molar-refractivity contribution in [2.45, 2.75) is 0 Å². The Morgan fingerprint density at radius 3 is 1.15 bits per heavy atom. The van der Waals surface area contributed by atoms with Gasteiger partial charge >= 0.3 is 0 Å². The monoisotopic (exact) mass is 831 g/mol. The highest BCUT2D eigenvalue weighted by atomic mass is 15.1. The van der Waals surface area contributed by atoms with E-state index in [9.17, 15) is 10.5 Å². The average molecular weight is 832 g/mol. The third-order valence-electron chi connectivity index (χ3n) is 11.3. The Bertz CT molecular complexity index is 3380. The van der Waals surface area contributed by atoms with Crippen LogP contribution in [0, 0.1) is 22.7 Å². The van der Waals surface area contributed by atoms with Crippen LogP contribution in [0.2, 0.25) is 0 Å². The van der Waals surface area contributed by atoms with Crippen LogP contribution >= 0.6 is 0 Å². The molecular formula is C56H33N9. The number of aromatic nitrogens is 7. The van der Waals surface area contributed by atoms with Crippen LogP contribution in [0.15, 0.2) is 200 Å². The molecule has 0 atom stereocenters. The highest BCUT2D eigenvalue weighted by Crippen LogP contribution is 2.42. The van der Waals surface area contributed by atoms with E-state index in [4.69, 9.17) is 29.9 Å². The summed E-state index contributed by atoms with van der Waals surface area (Å²) in [5.41, 5.74) is 9.97. The summed E-state index contributed by atoms with van der Waals surface area (Å²) < 4.78 is 2.24. The van der Waals surface area contributed by atoms with E-state index in [0.717, 1.165) is 72.0 Å². The molecule has 9 heteroatoms. The molecule has 0 spiro atoms. The molecule has 0 aliphatic carbocycles. The molecule has 65 heavy (non-hydrogen) atoms. The van der Waals surface area contributed by atoms with Gasteiger partial charge in [-0.3, -0.25) is 0 Å². The fourth-order valence-electron chi connectivity index (χ4n) is 8.32. The van der Waals surface area contributed by atoms with Crippen LogP contribution in [0.5, 0.6) is 0 Å². The van der Waals surface area contributed by atoms with Gasteiger partial charge in [0.05, 0.1) is 40.0 Å². The van der Waals surface area contributed by atoms with E-state index >= 15 is 0 Å². The van der Waals surface area contributed by atoms with Gasteiger partial charge in [0.2, 0.25) is 0 Å². The lowest BCUT2D eigenvalue weighted by Crippen LogP contribution is -2.07. The fourth-order valence-corrected chi connectivity index (χ4v) is 8.32. The molecule has 8 aromatic carbocycles. The summed E-state index contributed by atoms with van der Waals surface area (Å²) in [5.74, 6) is 3.07. The zero-order valence-electron chi connectivity index (χ0n) is 34.6. The van der Waals surface area contributed by atoms with Gasteiger partial charge in [-0.1, -0.05) is 152 Å². The number of hydrogen-bond donors (Lipinski definition) is 0. The van der Waals surface area contributed by atoms with Gasteiger partial charge in [-0.05, 0) is 59.7 Å². The number of hydrogen-bond acceptors (Lipinski definition) is 8. The molecule has 0 unspecified atom stereocenters. The Morgan fingerprint density at radius 2 is 0.708 bits per heavy atom. The van der Waals surface area contributed by atoms with Gasteiger partial charge in [0, 0.05) is 44.2 Å². The van der Waals surface area contributed by atoms with Crippen molar-refractivity contribution < 1.29 is 0 Å². The second-order valence-corrected chi connectivity index (χ2v) is 15.4. The Hall–Kier alpha value is -9.44. The SMILES string of the molecule is N#Cc1cc(C#N)cc(-c2ccc3c(c2)c2ccccc2n3-c2c(-c3nc(-c4ccccc4)nc(-c4ccccc4)n3)cccc2-c2nc(-c3ccccc3)nc(-c3ccccc3)n2)c1. The summed E-state index contributed by atoms with van der Waals surface area (Å²) in [4.78, 5) is 31.0. The van der Waals surface area contributed by atoms with Gasteiger partial charge < -0.3 is 4.57 Å². The van der Waals surface area contributed by atoms with Crippen LogP contribution in [-0.4, -0.2) is 34.5 Å². The second kappa shape index (κ2) is 16.4. The summed E-state index contributed by atoms with van der Waals surface area (Å²) in [6.07, 6.45) is 0. The summed E-state index contributed by atoms with van der Waals surface area (Å²) in [7, 11) is 0. The standard InChI is InChI=1S/C56H33N9/c57-34-36-30-37(35-58)32-43(31-36)42-28-29-49-47(33-42)44-24-13-14-27-48(44)65(49)50-45(55-61-51(38-16-5-1-6-17-38)59-52(62-55)39-18-7-2-8-19-39)25-15-26-46(50)56-63-53(40-20-9-3-10-21-40)60-54(64-56)41-22-11-4-12-23-41/h1-33H. The molecule has 0 N–H and O–H groups in total. The first-order valence-corrected chi connectivity index (χ1v) is 21.0. The number of para-hydroxylation sites is 2. The number of fused-ring (bicyclic) bond motifs is 3. The first kappa shape index (κ1) is 38.5. The summed E-state index contributed by atoms with van der Waals surface area (Å²) >= 11 is 0. The maximum atomic E-state index is 9.85. The minimum atomic E-state index is 0.421. The Kier molecular flexibility index (Phi) is 9.73. The molecule has 11 rings (SSSR count). The van der Waals surface area contributed by atoms with E-state index in [1.807, 2.05) is 170 Å². The molecule has 0 aliphatic heterocycles. The lowest BCUT2D eigenvalue weighted by molar-refractivity contribution is 1.05. The highest BCUT2D eigenvalue weighted by molar-refractivity contribution is 6.11.